The quantitative estimate of drug-likeness (QED) is 0.510. The summed E-state index contributed by atoms with van der Waals surface area (Å²) in [5, 5.41) is 6.49. The molecule has 0 N–H and O–H groups in total. The van der Waals surface area contributed by atoms with Crippen LogP contribution < -0.4 is 15.0 Å². The van der Waals surface area contributed by atoms with Gasteiger partial charge in [0.15, 0.2) is 11.5 Å². The zero-order chi connectivity index (χ0) is 19.8. The topological polar surface area (TPSA) is 79.4 Å². The van der Waals surface area contributed by atoms with Crippen molar-refractivity contribution in [2.75, 3.05) is 14.2 Å². The Morgan fingerprint density at radius 1 is 1.18 bits per heavy atom. The number of methoxy groups -OCH3 is 2. The van der Waals surface area contributed by atoms with Gasteiger partial charge in [0.1, 0.15) is 10.6 Å². The van der Waals surface area contributed by atoms with Crippen molar-refractivity contribution >= 4 is 21.6 Å². The molecule has 4 aromatic rings. The van der Waals surface area contributed by atoms with Gasteiger partial charge in [0, 0.05) is 16.5 Å². The summed E-state index contributed by atoms with van der Waals surface area (Å²) in [5.41, 5.74) is 3.27. The van der Waals surface area contributed by atoms with Crippen LogP contribution in [-0.2, 0) is 6.54 Å². The van der Waals surface area contributed by atoms with Crippen LogP contribution in [0.2, 0.25) is 0 Å². The molecule has 4 rings (SSSR count). The molecule has 0 saturated carbocycles. The number of rotatable bonds is 5. The fourth-order valence-corrected chi connectivity index (χ4v) is 4.10. The molecule has 0 aliphatic heterocycles. The van der Waals surface area contributed by atoms with Crippen LogP contribution in [0.4, 0.5) is 0 Å². The van der Waals surface area contributed by atoms with Gasteiger partial charge < -0.3 is 14.0 Å². The zero-order valence-corrected chi connectivity index (χ0v) is 16.8. The monoisotopic (exact) mass is 397 g/mol. The number of aromatic nitrogens is 3. The average Bonchev–Trinajstić information content (AvgIpc) is 3.28. The van der Waals surface area contributed by atoms with Crippen LogP contribution in [0, 0.1) is 13.8 Å². The number of aryl methyl sites for hydroxylation is 2. The lowest BCUT2D eigenvalue weighted by Crippen LogP contribution is -2.21. The van der Waals surface area contributed by atoms with Crippen molar-refractivity contribution in [2.24, 2.45) is 0 Å². The molecule has 0 aliphatic carbocycles. The van der Waals surface area contributed by atoms with Gasteiger partial charge in [-0.3, -0.25) is 9.36 Å². The Kier molecular flexibility index (Phi) is 4.64. The van der Waals surface area contributed by atoms with Gasteiger partial charge in [-0.25, -0.2) is 4.98 Å². The summed E-state index contributed by atoms with van der Waals surface area (Å²) in [4.78, 5) is 18.4. The largest absolute Gasteiger partial charge is 0.493 e. The molecule has 7 nitrogen and oxygen atoms in total. The predicted molar refractivity (Wildman–Crippen MR) is 107 cm³/mol. The lowest BCUT2D eigenvalue weighted by atomic mass is 10.1. The number of thiophene rings is 1. The highest BCUT2D eigenvalue weighted by Gasteiger charge is 2.17. The van der Waals surface area contributed by atoms with E-state index in [9.17, 15) is 4.79 Å². The van der Waals surface area contributed by atoms with Gasteiger partial charge in [-0.15, -0.1) is 11.3 Å². The Hall–Kier alpha value is -3.13. The van der Waals surface area contributed by atoms with E-state index in [1.807, 2.05) is 37.4 Å². The molecule has 1 aromatic carbocycles. The molecule has 0 aliphatic rings. The van der Waals surface area contributed by atoms with E-state index >= 15 is 0 Å². The van der Waals surface area contributed by atoms with Crippen molar-refractivity contribution in [3.8, 4) is 22.6 Å². The molecule has 0 atom stereocenters. The van der Waals surface area contributed by atoms with E-state index in [1.165, 1.54) is 11.3 Å². The predicted octanol–water partition coefficient (Wildman–Crippen LogP) is 3.80. The highest BCUT2D eigenvalue weighted by atomic mass is 32.1. The van der Waals surface area contributed by atoms with E-state index in [0.717, 1.165) is 22.4 Å². The first-order valence-electron chi connectivity index (χ1n) is 8.64. The Labute approximate surface area is 165 Å². The lowest BCUT2D eigenvalue weighted by molar-refractivity contribution is 0.355. The SMILES string of the molecule is COc1ccc(-c2csc3ncn(Cc4c(C)noc4C)c(=O)c23)cc1OC. The second-order valence-electron chi connectivity index (χ2n) is 6.38. The number of fused-ring (bicyclic) bond motifs is 1. The molecule has 28 heavy (non-hydrogen) atoms. The number of nitrogens with zero attached hydrogens (tertiary/aromatic N) is 3. The van der Waals surface area contributed by atoms with Gasteiger partial charge in [0.25, 0.3) is 5.56 Å². The van der Waals surface area contributed by atoms with Crippen LogP contribution in [0.15, 0.2) is 39.2 Å². The first-order chi connectivity index (χ1) is 13.5. The summed E-state index contributed by atoms with van der Waals surface area (Å²) < 4.78 is 17.5. The van der Waals surface area contributed by atoms with E-state index in [-0.39, 0.29) is 5.56 Å². The Morgan fingerprint density at radius 2 is 1.96 bits per heavy atom. The minimum Gasteiger partial charge on any atom is -0.493 e. The third-order valence-electron chi connectivity index (χ3n) is 4.76. The molecule has 0 radical (unpaired) electrons. The van der Waals surface area contributed by atoms with Crippen LogP contribution >= 0.6 is 11.3 Å². The molecule has 3 heterocycles. The Bertz CT molecular complexity index is 1200. The molecule has 0 amide bonds. The molecule has 0 saturated heterocycles. The lowest BCUT2D eigenvalue weighted by Gasteiger charge is -2.09. The third-order valence-corrected chi connectivity index (χ3v) is 5.65. The molecular formula is C20H19N3O4S. The van der Waals surface area contributed by atoms with Crippen molar-refractivity contribution in [3.63, 3.8) is 0 Å². The maximum atomic E-state index is 13.2. The molecule has 0 fully saturated rings. The van der Waals surface area contributed by atoms with Crippen LogP contribution in [0.3, 0.4) is 0 Å². The Morgan fingerprint density at radius 3 is 2.64 bits per heavy atom. The van der Waals surface area contributed by atoms with Crippen LogP contribution in [0.25, 0.3) is 21.3 Å². The summed E-state index contributed by atoms with van der Waals surface area (Å²) >= 11 is 1.44. The molecular weight excluding hydrogens is 378 g/mol. The number of hydrogen-bond donors (Lipinski definition) is 0. The third kappa shape index (κ3) is 2.95. The zero-order valence-electron chi connectivity index (χ0n) is 16.0. The van der Waals surface area contributed by atoms with E-state index in [4.69, 9.17) is 14.0 Å². The van der Waals surface area contributed by atoms with E-state index in [0.29, 0.717) is 34.0 Å². The number of benzene rings is 1. The van der Waals surface area contributed by atoms with Gasteiger partial charge in [-0.1, -0.05) is 11.2 Å². The smallest absolute Gasteiger partial charge is 0.263 e. The molecule has 0 bridgehead atoms. The molecule has 144 valence electrons. The maximum Gasteiger partial charge on any atom is 0.263 e. The van der Waals surface area contributed by atoms with Gasteiger partial charge in [-0.2, -0.15) is 0 Å². The molecule has 0 spiro atoms. The first kappa shape index (κ1) is 18.2. The highest BCUT2D eigenvalue weighted by Crippen LogP contribution is 2.36. The van der Waals surface area contributed by atoms with Crippen molar-refractivity contribution in [1.29, 1.82) is 0 Å². The number of ether oxygens (including phenoxy) is 2. The summed E-state index contributed by atoms with van der Waals surface area (Å²) in [6.07, 6.45) is 1.57. The van der Waals surface area contributed by atoms with Crippen LogP contribution in [0.5, 0.6) is 11.5 Å². The van der Waals surface area contributed by atoms with Crippen molar-refractivity contribution < 1.29 is 14.0 Å². The fraction of sp³-hybridized carbons (Fsp3) is 0.250. The van der Waals surface area contributed by atoms with E-state index < -0.39 is 0 Å². The maximum absolute atomic E-state index is 13.2. The minimum atomic E-state index is -0.101. The van der Waals surface area contributed by atoms with Crippen molar-refractivity contribution in [2.45, 2.75) is 20.4 Å². The summed E-state index contributed by atoms with van der Waals surface area (Å²) in [5.74, 6) is 1.95. The standard InChI is InChI=1S/C20H19N3O4S/c1-11-14(12(2)27-22-11)8-23-10-21-19-18(20(23)24)15(9-28-19)13-5-6-16(25-3)17(7-13)26-4/h5-7,9-10H,8H2,1-4H3. The first-order valence-corrected chi connectivity index (χ1v) is 9.52. The molecule has 8 heteroatoms. The van der Waals surface area contributed by atoms with Gasteiger partial charge >= 0.3 is 0 Å². The number of hydrogen-bond acceptors (Lipinski definition) is 7. The van der Waals surface area contributed by atoms with Crippen LogP contribution in [0.1, 0.15) is 17.0 Å². The fourth-order valence-electron chi connectivity index (χ4n) is 3.19. The van der Waals surface area contributed by atoms with E-state index in [1.54, 1.807) is 25.1 Å². The van der Waals surface area contributed by atoms with Crippen LogP contribution in [-0.4, -0.2) is 28.9 Å². The second kappa shape index (κ2) is 7.12. The highest BCUT2D eigenvalue weighted by molar-refractivity contribution is 7.17. The summed E-state index contributed by atoms with van der Waals surface area (Å²) in [6, 6.07) is 5.61. The summed E-state index contributed by atoms with van der Waals surface area (Å²) in [7, 11) is 3.18. The Balaban J connectivity index is 1.85. The van der Waals surface area contributed by atoms with Gasteiger partial charge in [-0.05, 0) is 31.5 Å². The molecule has 3 aromatic heterocycles. The average molecular weight is 397 g/mol. The van der Waals surface area contributed by atoms with Gasteiger partial charge in [0.2, 0.25) is 0 Å². The van der Waals surface area contributed by atoms with E-state index in [2.05, 4.69) is 10.1 Å². The normalized spacial score (nSPS) is 11.1. The minimum absolute atomic E-state index is 0.101. The van der Waals surface area contributed by atoms with Crippen molar-refractivity contribution in [1.82, 2.24) is 14.7 Å². The van der Waals surface area contributed by atoms with Gasteiger partial charge in [0.05, 0.1) is 38.2 Å². The second-order valence-corrected chi connectivity index (χ2v) is 7.24. The molecule has 0 unspecified atom stereocenters. The van der Waals surface area contributed by atoms with Crippen molar-refractivity contribution in [3.05, 3.63) is 57.3 Å². The summed E-state index contributed by atoms with van der Waals surface area (Å²) in [6.45, 7) is 4.07.